The Labute approximate surface area is 110 Å². The minimum Gasteiger partial charge on any atom is -0.497 e. The van der Waals surface area contributed by atoms with Crippen molar-refractivity contribution in [2.45, 2.75) is 0 Å². The van der Waals surface area contributed by atoms with Crippen molar-refractivity contribution in [2.24, 2.45) is 0 Å². The zero-order chi connectivity index (χ0) is 13.8. The number of ether oxygens (including phenoxy) is 1. The SMILES string of the molecule is COc1cc(N)cc(C(=O)Nc2ccccc2F)c1. The first-order valence-corrected chi connectivity index (χ1v) is 5.60. The quantitative estimate of drug-likeness (QED) is 0.834. The van der Waals surface area contributed by atoms with Gasteiger partial charge >= 0.3 is 0 Å². The molecule has 4 nitrogen and oxygen atoms in total. The van der Waals surface area contributed by atoms with E-state index >= 15 is 0 Å². The average Bonchev–Trinajstić information content (AvgIpc) is 2.40. The lowest BCUT2D eigenvalue weighted by Gasteiger charge is -2.08. The third kappa shape index (κ3) is 3.01. The Morgan fingerprint density at radius 2 is 2.00 bits per heavy atom. The fourth-order valence-corrected chi connectivity index (χ4v) is 1.63. The van der Waals surface area contributed by atoms with Gasteiger partial charge in [0.1, 0.15) is 11.6 Å². The molecule has 98 valence electrons. The van der Waals surface area contributed by atoms with Crippen LogP contribution in [0.15, 0.2) is 42.5 Å². The van der Waals surface area contributed by atoms with E-state index in [-0.39, 0.29) is 5.69 Å². The van der Waals surface area contributed by atoms with Crippen molar-refractivity contribution < 1.29 is 13.9 Å². The zero-order valence-corrected chi connectivity index (χ0v) is 10.3. The molecule has 0 aliphatic rings. The van der Waals surface area contributed by atoms with Crippen LogP contribution in [0.25, 0.3) is 0 Å². The van der Waals surface area contributed by atoms with E-state index in [0.29, 0.717) is 17.0 Å². The first-order valence-electron chi connectivity index (χ1n) is 5.60. The van der Waals surface area contributed by atoms with E-state index in [1.165, 1.54) is 31.4 Å². The number of carbonyl (C=O) groups is 1. The van der Waals surface area contributed by atoms with E-state index in [9.17, 15) is 9.18 Å². The normalized spacial score (nSPS) is 10.0. The van der Waals surface area contributed by atoms with Crippen LogP contribution < -0.4 is 15.8 Å². The molecular weight excluding hydrogens is 247 g/mol. The van der Waals surface area contributed by atoms with Crippen molar-refractivity contribution in [3.05, 3.63) is 53.8 Å². The number of halogens is 1. The molecule has 0 aromatic heterocycles. The maximum absolute atomic E-state index is 13.4. The summed E-state index contributed by atoms with van der Waals surface area (Å²) in [6.07, 6.45) is 0. The van der Waals surface area contributed by atoms with E-state index in [1.54, 1.807) is 18.2 Å². The van der Waals surface area contributed by atoms with Gasteiger partial charge in [0, 0.05) is 17.3 Å². The van der Waals surface area contributed by atoms with Crippen LogP contribution in [0, 0.1) is 5.82 Å². The number of amides is 1. The van der Waals surface area contributed by atoms with Crippen LogP contribution in [-0.4, -0.2) is 13.0 Å². The smallest absolute Gasteiger partial charge is 0.255 e. The van der Waals surface area contributed by atoms with Crippen molar-refractivity contribution in [1.82, 2.24) is 0 Å². The molecule has 2 aromatic carbocycles. The molecule has 2 aromatic rings. The molecule has 0 fully saturated rings. The summed E-state index contributed by atoms with van der Waals surface area (Å²) in [7, 11) is 1.48. The third-order valence-corrected chi connectivity index (χ3v) is 2.55. The highest BCUT2D eigenvalue weighted by Crippen LogP contribution is 2.20. The summed E-state index contributed by atoms with van der Waals surface area (Å²) in [5.41, 5.74) is 6.49. The number of anilines is 2. The Hall–Kier alpha value is -2.56. The minimum atomic E-state index is -0.494. The van der Waals surface area contributed by atoms with Gasteiger partial charge in [0.15, 0.2) is 0 Å². The molecule has 1 amide bonds. The maximum atomic E-state index is 13.4. The predicted molar refractivity (Wildman–Crippen MR) is 71.8 cm³/mol. The number of methoxy groups -OCH3 is 1. The van der Waals surface area contributed by atoms with Crippen molar-refractivity contribution in [3.63, 3.8) is 0 Å². The molecule has 0 spiro atoms. The molecular formula is C14H13FN2O2. The fraction of sp³-hybridized carbons (Fsp3) is 0.0714. The molecule has 0 aliphatic carbocycles. The number of nitrogens with one attached hydrogen (secondary N) is 1. The molecule has 0 heterocycles. The number of nitrogen functional groups attached to an aromatic ring is 1. The summed E-state index contributed by atoms with van der Waals surface area (Å²) in [4.78, 5) is 12.0. The Balaban J connectivity index is 2.25. The van der Waals surface area contributed by atoms with E-state index < -0.39 is 11.7 Å². The average molecular weight is 260 g/mol. The monoisotopic (exact) mass is 260 g/mol. The summed E-state index contributed by atoms with van der Waals surface area (Å²) in [6, 6.07) is 10.6. The van der Waals surface area contributed by atoms with Crippen LogP contribution in [0.3, 0.4) is 0 Å². The number of rotatable bonds is 3. The Morgan fingerprint density at radius 1 is 1.26 bits per heavy atom. The lowest BCUT2D eigenvalue weighted by molar-refractivity contribution is 0.102. The summed E-state index contributed by atoms with van der Waals surface area (Å²) < 4.78 is 18.5. The molecule has 0 atom stereocenters. The van der Waals surface area contributed by atoms with Gasteiger partial charge in [0.2, 0.25) is 0 Å². The van der Waals surface area contributed by atoms with E-state index in [4.69, 9.17) is 10.5 Å². The summed E-state index contributed by atoms with van der Waals surface area (Å²) in [5, 5.41) is 2.48. The molecule has 2 rings (SSSR count). The summed E-state index contributed by atoms with van der Waals surface area (Å²) in [5.74, 6) is -0.471. The number of para-hydroxylation sites is 1. The van der Waals surface area contributed by atoms with Gasteiger partial charge in [-0.3, -0.25) is 4.79 Å². The van der Waals surface area contributed by atoms with Gasteiger partial charge in [-0.2, -0.15) is 0 Å². The summed E-state index contributed by atoms with van der Waals surface area (Å²) in [6.45, 7) is 0. The number of carbonyl (C=O) groups excluding carboxylic acids is 1. The highest BCUT2D eigenvalue weighted by molar-refractivity contribution is 6.05. The second-order valence-electron chi connectivity index (χ2n) is 3.93. The van der Waals surface area contributed by atoms with Gasteiger partial charge in [-0.1, -0.05) is 12.1 Å². The molecule has 0 bridgehead atoms. The first-order chi connectivity index (χ1) is 9.10. The van der Waals surface area contributed by atoms with Crippen molar-refractivity contribution in [1.29, 1.82) is 0 Å². The van der Waals surface area contributed by atoms with Crippen molar-refractivity contribution in [2.75, 3.05) is 18.2 Å². The topological polar surface area (TPSA) is 64.3 Å². The number of benzene rings is 2. The van der Waals surface area contributed by atoms with Crippen LogP contribution in [0.4, 0.5) is 15.8 Å². The Bertz CT molecular complexity index is 614. The van der Waals surface area contributed by atoms with Gasteiger partial charge in [-0.15, -0.1) is 0 Å². The molecule has 19 heavy (non-hydrogen) atoms. The van der Waals surface area contributed by atoms with Gasteiger partial charge in [-0.25, -0.2) is 4.39 Å². The number of nitrogens with two attached hydrogens (primary N) is 1. The molecule has 0 saturated carbocycles. The van der Waals surface area contributed by atoms with E-state index in [1.807, 2.05) is 0 Å². The molecule has 0 radical (unpaired) electrons. The first kappa shape index (κ1) is 12.9. The van der Waals surface area contributed by atoms with Crippen LogP contribution in [0.5, 0.6) is 5.75 Å². The number of hydrogen-bond donors (Lipinski definition) is 2. The third-order valence-electron chi connectivity index (χ3n) is 2.55. The Kier molecular flexibility index (Phi) is 3.66. The van der Waals surface area contributed by atoms with Crippen LogP contribution >= 0.6 is 0 Å². The summed E-state index contributed by atoms with van der Waals surface area (Å²) >= 11 is 0. The predicted octanol–water partition coefficient (Wildman–Crippen LogP) is 2.67. The lowest BCUT2D eigenvalue weighted by Crippen LogP contribution is -2.13. The van der Waals surface area contributed by atoms with Crippen molar-refractivity contribution >= 4 is 17.3 Å². The van der Waals surface area contributed by atoms with Gasteiger partial charge in [0.05, 0.1) is 12.8 Å². The molecule has 3 N–H and O–H groups in total. The zero-order valence-electron chi connectivity index (χ0n) is 10.3. The van der Waals surface area contributed by atoms with Gasteiger partial charge < -0.3 is 15.8 Å². The molecule has 0 unspecified atom stereocenters. The lowest BCUT2D eigenvalue weighted by atomic mass is 10.1. The second kappa shape index (κ2) is 5.39. The van der Waals surface area contributed by atoms with E-state index in [2.05, 4.69) is 5.32 Å². The minimum absolute atomic E-state index is 0.119. The largest absolute Gasteiger partial charge is 0.497 e. The van der Waals surface area contributed by atoms with Crippen LogP contribution in [0.2, 0.25) is 0 Å². The molecule has 5 heteroatoms. The highest BCUT2D eigenvalue weighted by atomic mass is 19.1. The fourth-order valence-electron chi connectivity index (χ4n) is 1.63. The Morgan fingerprint density at radius 3 is 2.68 bits per heavy atom. The standard InChI is InChI=1S/C14H13FN2O2/c1-19-11-7-9(6-10(16)8-11)14(18)17-13-5-3-2-4-12(13)15/h2-8H,16H2,1H3,(H,17,18). The maximum Gasteiger partial charge on any atom is 0.255 e. The van der Waals surface area contributed by atoms with Crippen LogP contribution in [-0.2, 0) is 0 Å². The number of hydrogen-bond acceptors (Lipinski definition) is 3. The molecule has 0 saturated heterocycles. The highest BCUT2D eigenvalue weighted by Gasteiger charge is 2.10. The van der Waals surface area contributed by atoms with Crippen molar-refractivity contribution in [3.8, 4) is 5.75 Å². The van der Waals surface area contributed by atoms with E-state index in [0.717, 1.165) is 0 Å². The van der Waals surface area contributed by atoms with Gasteiger partial charge in [0.25, 0.3) is 5.91 Å². The molecule has 0 aliphatic heterocycles. The second-order valence-corrected chi connectivity index (χ2v) is 3.93. The van der Waals surface area contributed by atoms with Gasteiger partial charge in [-0.05, 0) is 24.3 Å². The van der Waals surface area contributed by atoms with Crippen LogP contribution in [0.1, 0.15) is 10.4 Å².